The van der Waals surface area contributed by atoms with Crippen molar-refractivity contribution in [1.29, 1.82) is 0 Å². The summed E-state index contributed by atoms with van der Waals surface area (Å²) in [6, 6.07) is 11.3. The third kappa shape index (κ3) is 3.34. The Labute approximate surface area is 125 Å². The molecule has 4 heteroatoms. The van der Waals surface area contributed by atoms with Gasteiger partial charge in [0.1, 0.15) is 0 Å². The summed E-state index contributed by atoms with van der Waals surface area (Å²) in [5.74, 6) is -0.908. The van der Waals surface area contributed by atoms with Gasteiger partial charge >= 0.3 is 5.97 Å². The first-order valence-corrected chi connectivity index (χ1v) is 6.77. The molecule has 110 valence electrons. The molecule has 2 aromatic carbocycles. The van der Waals surface area contributed by atoms with Gasteiger partial charge in [-0.05, 0) is 55.3 Å². The molecule has 0 saturated heterocycles. The summed E-state index contributed by atoms with van der Waals surface area (Å²) in [4.78, 5) is 13.0. The van der Waals surface area contributed by atoms with Crippen LogP contribution in [0.25, 0.3) is 0 Å². The molecule has 0 aromatic heterocycles. The molecule has 0 unspecified atom stereocenters. The fourth-order valence-corrected chi connectivity index (χ4v) is 2.26. The Bertz CT molecular complexity index is 678. The molecule has 0 saturated carbocycles. The molecule has 2 N–H and O–H groups in total. The van der Waals surface area contributed by atoms with Gasteiger partial charge in [-0.2, -0.15) is 0 Å². The van der Waals surface area contributed by atoms with Gasteiger partial charge in [0.05, 0.1) is 5.56 Å². The number of carboxylic acids is 1. The van der Waals surface area contributed by atoms with Gasteiger partial charge in [-0.25, -0.2) is 4.79 Å². The number of carboxylic acid groups (broad SMARTS) is 1. The third-order valence-electron chi connectivity index (χ3n) is 3.44. The minimum atomic E-state index is -0.908. The molecule has 0 amide bonds. The van der Waals surface area contributed by atoms with E-state index in [9.17, 15) is 4.79 Å². The largest absolute Gasteiger partial charge is 0.478 e. The fraction of sp³-hybridized carbons (Fsp3) is 0.235. The van der Waals surface area contributed by atoms with Crippen molar-refractivity contribution in [1.82, 2.24) is 0 Å². The van der Waals surface area contributed by atoms with E-state index < -0.39 is 5.97 Å². The van der Waals surface area contributed by atoms with Crippen molar-refractivity contribution in [3.05, 3.63) is 53.1 Å². The van der Waals surface area contributed by atoms with Crippen molar-refractivity contribution in [2.75, 3.05) is 24.3 Å². The van der Waals surface area contributed by atoms with Crippen molar-refractivity contribution in [3.63, 3.8) is 0 Å². The molecule has 0 aliphatic rings. The fourth-order valence-electron chi connectivity index (χ4n) is 2.26. The summed E-state index contributed by atoms with van der Waals surface area (Å²) in [5, 5.41) is 12.3. The number of rotatable bonds is 4. The summed E-state index contributed by atoms with van der Waals surface area (Å²) in [6.07, 6.45) is 0. The van der Waals surface area contributed by atoms with Crippen LogP contribution in [0.5, 0.6) is 0 Å². The lowest BCUT2D eigenvalue weighted by atomic mass is 10.1. The minimum absolute atomic E-state index is 0.302. The maximum Gasteiger partial charge on any atom is 0.335 e. The average molecular weight is 284 g/mol. The highest BCUT2D eigenvalue weighted by Crippen LogP contribution is 2.26. The molecule has 4 nitrogen and oxygen atoms in total. The van der Waals surface area contributed by atoms with E-state index in [0.29, 0.717) is 5.56 Å². The molecule has 2 rings (SSSR count). The highest BCUT2D eigenvalue weighted by atomic mass is 16.4. The highest BCUT2D eigenvalue weighted by Gasteiger charge is 2.07. The first-order chi connectivity index (χ1) is 9.88. The number of aromatic carboxylic acids is 1. The summed E-state index contributed by atoms with van der Waals surface area (Å²) < 4.78 is 0. The van der Waals surface area contributed by atoms with E-state index >= 15 is 0 Å². The molecule has 0 aliphatic heterocycles. The lowest BCUT2D eigenvalue weighted by molar-refractivity contribution is 0.0697. The zero-order valence-corrected chi connectivity index (χ0v) is 12.8. The normalized spacial score (nSPS) is 10.3. The molecule has 0 fully saturated rings. The van der Waals surface area contributed by atoms with Gasteiger partial charge < -0.3 is 15.3 Å². The van der Waals surface area contributed by atoms with E-state index in [1.54, 1.807) is 18.2 Å². The molecular weight excluding hydrogens is 264 g/mol. The molecular formula is C17H20N2O2. The molecule has 0 heterocycles. The van der Waals surface area contributed by atoms with Crippen LogP contribution in [0.4, 0.5) is 17.1 Å². The van der Waals surface area contributed by atoms with E-state index in [-0.39, 0.29) is 0 Å². The third-order valence-corrected chi connectivity index (χ3v) is 3.44. The maximum atomic E-state index is 11.0. The second kappa shape index (κ2) is 5.87. The molecule has 0 bridgehead atoms. The Balaban J connectivity index is 2.30. The zero-order valence-electron chi connectivity index (χ0n) is 12.8. The Morgan fingerprint density at radius 2 is 1.76 bits per heavy atom. The standard InChI is InChI=1S/C17H20N2O2/c1-11-5-7-14(10-16(11)19(3)4)18-15-8-6-13(17(20)21)9-12(15)2/h5-10,18H,1-4H3,(H,20,21). The molecule has 2 aromatic rings. The monoisotopic (exact) mass is 284 g/mol. The molecule has 21 heavy (non-hydrogen) atoms. The average Bonchev–Trinajstić information content (AvgIpc) is 2.42. The number of nitrogens with zero attached hydrogens (tertiary/aromatic N) is 1. The van der Waals surface area contributed by atoms with E-state index in [0.717, 1.165) is 22.6 Å². The Morgan fingerprint density at radius 1 is 1.05 bits per heavy atom. The summed E-state index contributed by atoms with van der Waals surface area (Å²) in [5.41, 5.74) is 5.46. The van der Waals surface area contributed by atoms with Crippen LogP contribution in [-0.4, -0.2) is 25.2 Å². The second-order valence-electron chi connectivity index (χ2n) is 5.36. The Hall–Kier alpha value is -2.49. The smallest absolute Gasteiger partial charge is 0.335 e. The van der Waals surface area contributed by atoms with Gasteiger partial charge in [0, 0.05) is 31.2 Å². The van der Waals surface area contributed by atoms with Crippen molar-refractivity contribution in [3.8, 4) is 0 Å². The van der Waals surface area contributed by atoms with E-state index in [2.05, 4.69) is 29.3 Å². The Morgan fingerprint density at radius 3 is 2.33 bits per heavy atom. The van der Waals surface area contributed by atoms with Crippen LogP contribution < -0.4 is 10.2 Å². The number of hydrogen-bond acceptors (Lipinski definition) is 3. The van der Waals surface area contributed by atoms with Crippen LogP contribution in [0.3, 0.4) is 0 Å². The quantitative estimate of drug-likeness (QED) is 0.896. The zero-order chi connectivity index (χ0) is 15.6. The first-order valence-electron chi connectivity index (χ1n) is 6.77. The van der Waals surface area contributed by atoms with E-state index in [4.69, 9.17) is 5.11 Å². The summed E-state index contributed by atoms with van der Waals surface area (Å²) >= 11 is 0. The van der Waals surface area contributed by atoms with Crippen LogP contribution in [0.2, 0.25) is 0 Å². The topological polar surface area (TPSA) is 52.6 Å². The van der Waals surface area contributed by atoms with Crippen molar-refractivity contribution in [2.24, 2.45) is 0 Å². The predicted molar refractivity (Wildman–Crippen MR) is 86.9 cm³/mol. The van der Waals surface area contributed by atoms with Crippen LogP contribution in [0.15, 0.2) is 36.4 Å². The SMILES string of the molecule is Cc1cc(C(=O)O)ccc1Nc1ccc(C)c(N(C)C)c1. The summed E-state index contributed by atoms with van der Waals surface area (Å²) in [7, 11) is 4.03. The Kier molecular flexibility index (Phi) is 4.17. The molecule has 0 spiro atoms. The molecule has 0 radical (unpaired) electrons. The van der Waals surface area contributed by atoms with Crippen molar-refractivity contribution < 1.29 is 9.90 Å². The van der Waals surface area contributed by atoms with Crippen LogP contribution in [0, 0.1) is 13.8 Å². The number of nitrogens with one attached hydrogen (secondary N) is 1. The van der Waals surface area contributed by atoms with E-state index in [1.807, 2.05) is 27.1 Å². The van der Waals surface area contributed by atoms with Gasteiger partial charge in [-0.1, -0.05) is 6.07 Å². The highest BCUT2D eigenvalue weighted by molar-refractivity contribution is 5.88. The van der Waals surface area contributed by atoms with Crippen molar-refractivity contribution >= 4 is 23.0 Å². The van der Waals surface area contributed by atoms with Gasteiger partial charge in [-0.15, -0.1) is 0 Å². The van der Waals surface area contributed by atoms with Gasteiger partial charge in [0.15, 0.2) is 0 Å². The number of hydrogen-bond donors (Lipinski definition) is 2. The summed E-state index contributed by atoms with van der Waals surface area (Å²) in [6.45, 7) is 3.97. The number of carbonyl (C=O) groups is 1. The minimum Gasteiger partial charge on any atom is -0.478 e. The second-order valence-corrected chi connectivity index (χ2v) is 5.36. The predicted octanol–water partition coefficient (Wildman–Crippen LogP) is 3.81. The van der Waals surface area contributed by atoms with Crippen LogP contribution >= 0.6 is 0 Å². The molecule has 0 atom stereocenters. The first kappa shape index (κ1) is 14.9. The van der Waals surface area contributed by atoms with Crippen LogP contribution in [0.1, 0.15) is 21.5 Å². The van der Waals surface area contributed by atoms with Crippen LogP contribution in [-0.2, 0) is 0 Å². The lowest BCUT2D eigenvalue weighted by Crippen LogP contribution is -2.10. The van der Waals surface area contributed by atoms with Gasteiger partial charge in [0.25, 0.3) is 0 Å². The van der Waals surface area contributed by atoms with Gasteiger partial charge in [0.2, 0.25) is 0 Å². The van der Waals surface area contributed by atoms with Crippen molar-refractivity contribution in [2.45, 2.75) is 13.8 Å². The van der Waals surface area contributed by atoms with E-state index in [1.165, 1.54) is 5.56 Å². The number of benzene rings is 2. The lowest BCUT2D eigenvalue weighted by Gasteiger charge is -2.18. The molecule has 0 aliphatic carbocycles. The number of anilines is 3. The maximum absolute atomic E-state index is 11.0. The number of aryl methyl sites for hydroxylation is 2. The van der Waals surface area contributed by atoms with Gasteiger partial charge in [-0.3, -0.25) is 0 Å².